The predicted molar refractivity (Wildman–Crippen MR) is 71.7 cm³/mol. The molecule has 0 amide bonds. The van der Waals surface area contributed by atoms with E-state index in [1.807, 2.05) is 0 Å². The number of anilines is 1. The number of fused-ring (bicyclic) bond motifs is 1. The van der Waals surface area contributed by atoms with Gasteiger partial charge in [-0.3, -0.25) is 0 Å². The summed E-state index contributed by atoms with van der Waals surface area (Å²) in [5, 5.41) is 20.1. The summed E-state index contributed by atoms with van der Waals surface area (Å²) in [4.78, 5) is 11.8. The first kappa shape index (κ1) is 14.2. The molecule has 0 atom stereocenters. The summed E-state index contributed by atoms with van der Waals surface area (Å²) >= 11 is 0. The van der Waals surface area contributed by atoms with Crippen molar-refractivity contribution in [2.24, 2.45) is 0 Å². The van der Waals surface area contributed by atoms with Crippen LogP contribution in [0.4, 0.5) is 5.69 Å². The van der Waals surface area contributed by atoms with E-state index in [0.29, 0.717) is 30.4 Å². The third kappa shape index (κ3) is 3.04. The molecular formula is C14H11N3O4. The Morgan fingerprint density at radius 1 is 1.29 bits per heavy atom. The number of benzene rings is 1. The number of ether oxygens (including phenoxy) is 3. The van der Waals surface area contributed by atoms with E-state index in [2.05, 4.69) is 5.32 Å². The van der Waals surface area contributed by atoms with Gasteiger partial charge in [-0.15, -0.1) is 0 Å². The molecule has 0 saturated carbocycles. The molecule has 0 unspecified atom stereocenters. The molecule has 0 radical (unpaired) electrons. The van der Waals surface area contributed by atoms with Gasteiger partial charge in [-0.2, -0.15) is 10.5 Å². The van der Waals surface area contributed by atoms with Gasteiger partial charge >= 0.3 is 5.97 Å². The van der Waals surface area contributed by atoms with Gasteiger partial charge in [0.05, 0.1) is 18.4 Å². The van der Waals surface area contributed by atoms with Gasteiger partial charge in [0.15, 0.2) is 11.5 Å². The molecule has 0 aromatic heterocycles. The summed E-state index contributed by atoms with van der Waals surface area (Å²) in [5.41, 5.74) is 0.447. The van der Waals surface area contributed by atoms with Crippen LogP contribution < -0.4 is 14.8 Å². The van der Waals surface area contributed by atoms with Gasteiger partial charge in [-0.25, -0.2) is 4.79 Å². The van der Waals surface area contributed by atoms with Crippen LogP contribution >= 0.6 is 0 Å². The number of nitrogens with one attached hydrogen (secondary N) is 1. The minimum atomic E-state index is -0.571. The average Bonchev–Trinajstić information content (AvgIpc) is 2.54. The number of methoxy groups -OCH3 is 1. The first-order valence-electron chi connectivity index (χ1n) is 5.98. The Labute approximate surface area is 120 Å². The second-order valence-electron chi connectivity index (χ2n) is 3.96. The maximum Gasteiger partial charge on any atom is 0.340 e. The predicted octanol–water partition coefficient (Wildman–Crippen LogP) is 1.59. The number of esters is 1. The number of nitriles is 2. The summed E-state index contributed by atoms with van der Waals surface area (Å²) in [6, 6.07) is 6.48. The zero-order valence-electron chi connectivity index (χ0n) is 11.2. The Morgan fingerprint density at radius 3 is 2.48 bits per heavy atom. The van der Waals surface area contributed by atoms with Crippen molar-refractivity contribution < 1.29 is 19.0 Å². The zero-order chi connectivity index (χ0) is 15.2. The molecule has 0 aliphatic carbocycles. The maximum absolute atomic E-state index is 11.8. The molecule has 0 saturated heterocycles. The van der Waals surface area contributed by atoms with Gasteiger partial charge in [0.2, 0.25) is 0 Å². The van der Waals surface area contributed by atoms with E-state index in [9.17, 15) is 4.79 Å². The molecule has 1 aliphatic rings. The quantitative estimate of drug-likeness (QED) is 0.664. The molecule has 1 N–H and O–H groups in total. The number of rotatable bonds is 3. The van der Waals surface area contributed by atoms with Crippen LogP contribution in [0.15, 0.2) is 23.9 Å². The van der Waals surface area contributed by atoms with Gasteiger partial charge in [-0.05, 0) is 0 Å². The molecule has 0 bridgehead atoms. The fourth-order valence-electron chi connectivity index (χ4n) is 1.73. The van der Waals surface area contributed by atoms with Crippen LogP contribution in [0.5, 0.6) is 11.5 Å². The monoisotopic (exact) mass is 285 g/mol. The molecule has 106 valence electrons. The summed E-state index contributed by atoms with van der Waals surface area (Å²) in [6.45, 7) is 0.800. The van der Waals surface area contributed by atoms with Gasteiger partial charge < -0.3 is 19.5 Å². The molecule has 1 heterocycles. The van der Waals surface area contributed by atoms with Crippen molar-refractivity contribution >= 4 is 11.7 Å². The standard InChI is InChI=1S/C14H11N3O4/c1-19-14(18)10-4-12-13(21-3-2-20-12)5-11(10)17-8-9(6-15)7-16/h4-5,8,17H,2-3H2,1H3. The van der Waals surface area contributed by atoms with E-state index in [1.165, 1.54) is 19.4 Å². The molecule has 1 aromatic carbocycles. The fourth-order valence-corrected chi connectivity index (χ4v) is 1.73. The SMILES string of the molecule is COC(=O)c1cc2c(cc1NC=C(C#N)C#N)OCCO2. The smallest absolute Gasteiger partial charge is 0.340 e. The Hall–Kier alpha value is -3.19. The van der Waals surface area contributed by atoms with E-state index < -0.39 is 5.97 Å². The highest BCUT2D eigenvalue weighted by molar-refractivity contribution is 5.97. The molecule has 7 heteroatoms. The highest BCUT2D eigenvalue weighted by Crippen LogP contribution is 2.36. The first-order valence-corrected chi connectivity index (χ1v) is 5.98. The lowest BCUT2D eigenvalue weighted by Gasteiger charge is -2.20. The average molecular weight is 285 g/mol. The topological polar surface area (TPSA) is 104 Å². The minimum Gasteiger partial charge on any atom is -0.486 e. The van der Waals surface area contributed by atoms with Crippen LogP contribution in [-0.4, -0.2) is 26.3 Å². The molecule has 0 fully saturated rings. The lowest BCUT2D eigenvalue weighted by molar-refractivity contribution is 0.0601. The normalized spacial score (nSPS) is 11.6. The van der Waals surface area contributed by atoms with Crippen molar-refractivity contribution in [2.75, 3.05) is 25.6 Å². The second-order valence-corrected chi connectivity index (χ2v) is 3.96. The second kappa shape index (κ2) is 6.31. The van der Waals surface area contributed by atoms with Crippen LogP contribution in [0.1, 0.15) is 10.4 Å². The van der Waals surface area contributed by atoms with Gasteiger partial charge in [0.1, 0.15) is 30.9 Å². The first-order chi connectivity index (χ1) is 10.2. The van der Waals surface area contributed by atoms with E-state index >= 15 is 0 Å². The summed E-state index contributed by atoms with van der Waals surface area (Å²) in [6.07, 6.45) is 1.21. The molecule has 7 nitrogen and oxygen atoms in total. The van der Waals surface area contributed by atoms with Crippen molar-refractivity contribution in [3.8, 4) is 23.6 Å². The molecule has 21 heavy (non-hydrogen) atoms. The fraction of sp³-hybridized carbons (Fsp3) is 0.214. The van der Waals surface area contributed by atoms with Crippen LogP contribution in [0, 0.1) is 22.7 Å². The van der Waals surface area contributed by atoms with E-state index in [1.54, 1.807) is 18.2 Å². The largest absolute Gasteiger partial charge is 0.486 e. The lowest BCUT2D eigenvalue weighted by Crippen LogP contribution is -2.17. The van der Waals surface area contributed by atoms with E-state index in [0.717, 1.165) is 0 Å². The summed E-state index contributed by atoms with van der Waals surface area (Å²) < 4.78 is 15.5. The molecule has 0 spiro atoms. The summed E-state index contributed by atoms with van der Waals surface area (Å²) in [5.74, 6) is 0.343. The van der Waals surface area contributed by atoms with Gasteiger partial charge in [0, 0.05) is 18.3 Å². The van der Waals surface area contributed by atoms with Crippen molar-refractivity contribution in [1.29, 1.82) is 10.5 Å². The van der Waals surface area contributed by atoms with Crippen molar-refractivity contribution in [3.63, 3.8) is 0 Å². The number of carbonyl (C=O) groups is 1. The van der Waals surface area contributed by atoms with Crippen LogP contribution in [0.3, 0.4) is 0 Å². The number of allylic oxidation sites excluding steroid dienone is 1. The third-order valence-corrected chi connectivity index (χ3v) is 2.70. The zero-order valence-corrected chi connectivity index (χ0v) is 11.2. The molecular weight excluding hydrogens is 274 g/mol. The Bertz CT molecular complexity index is 667. The highest BCUT2D eigenvalue weighted by atomic mass is 16.6. The van der Waals surface area contributed by atoms with E-state index in [-0.39, 0.29) is 11.1 Å². The van der Waals surface area contributed by atoms with Crippen LogP contribution in [-0.2, 0) is 4.74 Å². The van der Waals surface area contributed by atoms with Crippen molar-refractivity contribution in [2.45, 2.75) is 0 Å². The number of nitrogens with zero attached hydrogens (tertiary/aromatic N) is 2. The maximum atomic E-state index is 11.8. The number of hydrogen-bond acceptors (Lipinski definition) is 7. The number of hydrogen-bond donors (Lipinski definition) is 1. The highest BCUT2D eigenvalue weighted by Gasteiger charge is 2.20. The Morgan fingerprint density at radius 2 is 1.90 bits per heavy atom. The third-order valence-electron chi connectivity index (χ3n) is 2.70. The summed E-state index contributed by atoms with van der Waals surface area (Å²) in [7, 11) is 1.26. The van der Waals surface area contributed by atoms with Gasteiger partial charge in [0.25, 0.3) is 0 Å². The Balaban J connectivity index is 2.43. The van der Waals surface area contributed by atoms with E-state index in [4.69, 9.17) is 24.7 Å². The molecule has 1 aromatic rings. The molecule has 2 rings (SSSR count). The Kier molecular flexibility index (Phi) is 4.27. The van der Waals surface area contributed by atoms with Crippen LogP contribution in [0.2, 0.25) is 0 Å². The minimum absolute atomic E-state index is 0.124. The van der Waals surface area contributed by atoms with Crippen molar-refractivity contribution in [1.82, 2.24) is 0 Å². The van der Waals surface area contributed by atoms with Gasteiger partial charge in [-0.1, -0.05) is 0 Å². The molecule has 1 aliphatic heterocycles. The lowest BCUT2D eigenvalue weighted by atomic mass is 10.1. The van der Waals surface area contributed by atoms with Crippen molar-refractivity contribution in [3.05, 3.63) is 29.5 Å². The van der Waals surface area contributed by atoms with Crippen LogP contribution in [0.25, 0.3) is 0 Å². The number of carbonyl (C=O) groups excluding carboxylic acids is 1.